The van der Waals surface area contributed by atoms with Crippen molar-refractivity contribution in [1.82, 2.24) is 4.98 Å². The summed E-state index contributed by atoms with van der Waals surface area (Å²) in [5.74, 6) is 0. The lowest BCUT2D eigenvalue weighted by Gasteiger charge is -2.15. The largest absolute Gasteiger partial charge is 0.384 e. The number of nitrogens with one attached hydrogen (secondary N) is 1. The van der Waals surface area contributed by atoms with Gasteiger partial charge in [-0.15, -0.1) is 0 Å². The van der Waals surface area contributed by atoms with E-state index in [2.05, 4.69) is 61.1 Å². The molecule has 0 aliphatic rings. The van der Waals surface area contributed by atoms with E-state index in [0.717, 1.165) is 28.6 Å². The first-order valence-corrected chi connectivity index (χ1v) is 7.14. The molecule has 2 rings (SSSR count). The quantitative estimate of drug-likeness (QED) is 0.885. The molecule has 0 aliphatic carbocycles. The van der Waals surface area contributed by atoms with E-state index in [-0.39, 0.29) is 0 Å². The second kappa shape index (κ2) is 5.27. The number of benzene rings is 1. The van der Waals surface area contributed by atoms with Crippen LogP contribution in [0, 0.1) is 20.8 Å². The highest BCUT2D eigenvalue weighted by molar-refractivity contribution is 9.10. The number of pyridine rings is 1. The van der Waals surface area contributed by atoms with Gasteiger partial charge in [0, 0.05) is 27.8 Å². The normalized spacial score (nSPS) is 10.9. The van der Waals surface area contributed by atoms with E-state index in [1.807, 2.05) is 0 Å². The SMILES string of the molecule is CCCNc1c(C)c(C)nc2c(C)cc(Br)cc12. The predicted molar refractivity (Wildman–Crippen MR) is 82.4 cm³/mol. The van der Waals surface area contributed by atoms with E-state index < -0.39 is 0 Å². The van der Waals surface area contributed by atoms with Crippen LogP contribution in [0.2, 0.25) is 0 Å². The van der Waals surface area contributed by atoms with Crippen LogP contribution >= 0.6 is 15.9 Å². The molecule has 1 aromatic heterocycles. The zero-order valence-electron chi connectivity index (χ0n) is 11.4. The maximum atomic E-state index is 4.72. The van der Waals surface area contributed by atoms with Gasteiger partial charge in [0.15, 0.2) is 0 Å². The zero-order chi connectivity index (χ0) is 13.3. The Morgan fingerprint density at radius 2 is 1.94 bits per heavy atom. The topological polar surface area (TPSA) is 24.9 Å². The summed E-state index contributed by atoms with van der Waals surface area (Å²) in [4.78, 5) is 4.72. The molecule has 0 saturated heterocycles. The summed E-state index contributed by atoms with van der Waals surface area (Å²) in [5, 5.41) is 4.75. The fourth-order valence-electron chi connectivity index (χ4n) is 2.19. The fraction of sp³-hybridized carbons (Fsp3) is 0.400. The van der Waals surface area contributed by atoms with Gasteiger partial charge in [0.05, 0.1) is 5.52 Å². The zero-order valence-corrected chi connectivity index (χ0v) is 13.0. The van der Waals surface area contributed by atoms with Gasteiger partial charge in [-0.1, -0.05) is 22.9 Å². The van der Waals surface area contributed by atoms with Gasteiger partial charge in [-0.25, -0.2) is 0 Å². The van der Waals surface area contributed by atoms with Crippen LogP contribution in [-0.4, -0.2) is 11.5 Å². The van der Waals surface area contributed by atoms with Gasteiger partial charge < -0.3 is 5.32 Å². The van der Waals surface area contributed by atoms with Crippen molar-refractivity contribution in [1.29, 1.82) is 0 Å². The van der Waals surface area contributed by atoms with Crippen LogP contribution in [0.4, 0.5) is 5.69 Å². The predicted octanol–water partition coefficient (Wildman–Crippen LogP) is 4.74. The number of rotatable bonds is 3. The first-order valence-electron chi connectivity index (χ1n) is 6.35. The number of anilines is 1. The molecule has 0 radical (unpaired) electrons. The highest BCUT2D eigenvalue weighted by Gasteiger charge is 2.11. The number of aromatic nitrogens is 1. The van der Waals surface area contributed by atoms with E-state index in [9.17, 15) is 0 Å². The third-order valence-corrected chi connectivity index (χ3v) is 3.74. The van der Waals surface area contributed by atoms with Crippen LogP contribution in [0.25, 0.3) is 10.9 Å². The molecular formula is C15H19BrN2. The summed E-state index contributed by atoms with van der Waals surface area (Å²) in [6, 6.07) is 4.27. The minimum atomic E-state index is 0.991. The highest BCUT2D eigenvalue weighted by Crippen LogP contribution is 2.32. The minimum Gasteiger partial charge on any atom is -0.384 e. The van der Waals surface area contributed by atoms with Gasteiger partial charge in [-0.05, 0) is 50.5 Å². The molecular weight excluding hydrogens is 288 g/mol. The summed E-state index contributed by atoms with van der Waals surface area (Å²) in [6.07, 6.45) is 1.12. The van der Waals surface area contributed by atoms with Gasteiger partial charge in [0.25, 0.3) is 0 Å². The van der Waals surface area contributed by atoms with Crippen LogP contribution in [0.1, 0.15) is 30.2 Å². The lowest BCUT2D eigenvalue weighted by Crippen LogP contribution is -2.05. The standard InChI is InChI=1S/C15H19BrN2/c1-5-6-17-15-10(3)11(4)18-14-9(2)7-12(16)8-13(14)15/h7-8H,5-6H2,1-4H3,(H,17,18). The van der Waals surface area contributed by atoms with Crippen molar-refractivity contribution in [2.45, 2.75) is 34.1 Å². The Hall–Kier alpha value is -1.09. The summed E-state index contributed by atoms with van der Waals surface area (Å²) < 4.78 is 1.11. The molecule has 0 unspecified atom stereocenters. The average Bonchev–Trinajstić information content (AvgIpc) is 2.31. The van der Waals surface area contributed by atoms with Crippen LogP contribution < -0.4 is 5.32 Å². The van der Waals surface area contributed by atoms with Crippen molar-refractivity contribution in [3.8, 4) is 0 Å². The van der Waals surface area contributed by atoms with Gasteiger partial charge in [-0.2, -0.15) is 0 Å². The summed E-state index contributed by atoms with van der Waals surface area (Å²) in [7, 11) is 0. The summed E-state index contributed by atoms with van der Waals surface area (Å²) >= 11 is 3.57. The van der Waals surface area contributed by atoms with E-state index in [1.165, 1.54) is 22.2 Å². The summed E-state index contributed by atoms with van der Waals surface area (Å²) in [5.41, 5.74) is 5.88. The molecule has 0 fully saturated rings. The maximum absolute atomic E-state index is 4.72. The summed E-state index contributed by atoms with van der Waals surface area (Å²) in [6.45, 7) is 9.49. The van der Waals surface area contributed by atoms with Gasteiger partial charge in [0.2, 0.25) is 0 Å². The second-order valence-electron chi connectivity index (χ2n) is 4.74. The number of nitrogens with zero attached hydrogens (tertiary/aromatic N) is 1. The first kappa shape index (κ1) is 13.3. The number of halogens is 1. The maximum Gasteiger partial charge on any atom is 0.0756 e. The van der Waals surface area contributed by atoms with E-state index in [1.54, 1.807) is 0 Å². The Labute approximate surface area is 117 Å². The van der Waals surface area contributed by atoms with Crippen LogP contribution in [-0.2, 0) is 0 Å². The van der Waals surface area contributed by atoms with Crippen molar-refractivity contribution in [2.24, 2.45) is 0 Å². The molecule has 0 bridgehead atoms. The molecule has 0 amide bonds. The second-order valence-corrected chi connectivity index (χ2v) is 5.66. The van der Waals surface area contributed by atoms with E-state index in [0.29, 0.717) is 0 Å². The van der Waals surface area contributed by atoms with Crippen LogP contribution in [0.3, 0.4) is 0 Å². The molecule has 3 heteroatoms. The van der Waals surface area contributed by atoms with Crippen molar-refractivity contribution < 1.29 is 0 Å². The van der Waals surface area contributed by atoms with Crippen LogP contribution in [0.5, 0.6) is 0 Å². The third-order valence-electron chi connectivity index (χ3n) is 3.28. The lowest BCUT2D eigenvalue weighted by molar-refractivity contribution is 0.977. The van der Waals surface area contributed by atoms with Crippen molar-refractivity contribution in [2.75, 3.05) is 11.9 Å². The monoisotopic (exact) mass is 306 g/mol. The number of aryl methyl sites for hydroxylation is 2. The van der Waals surface area contributed by atoms with Gasteiger partial charge in [0.1, 0.15) is 0 Å². The molecule has 2 nitrogen and oxygen atoms in total. The Kier molecular flexibility index (Phi) is 3.91. The minimum absolute atomic E-state index is 0.991. The molecule has 1 heterocycles. The van der Waals surface area contributed by atoms with Crippen molar-refractivity contribution in [3.63, 3.8) is 0 Å². The number of fused-ring (bicyclic) bond motifs is 1. The highest BCUT2D eigenvalue weighted by atomic mass is 79.9. The van der Waals surface area contributed by atoms with E-state index in [4.69, 9.17) is 4.98 Å². The Morgan fingerprint density at radius 3 is 2.61 bits per heavy atom. The average molecular weight is 307 g/mol. The number of hydrogen-bond acceptors (Lipinski definition) is 2. The Balaban J connectivity index is 2.74. The molecule has 18 heavy (non-hydrogen) atoms. The van der Waals surface area contributed by atoms with Crippen molar-refractivity contribution >= 4 is 32.5 Å². The molecule has 2 aromatic rings. The first-order chi connectivity index (χ1) is 8.54. The van der Waals surface area contributed by atoms with Crippen LogP contribution in [0.15, 0.2) is 16.6 Å². The Bertz CT molecular complexity index is 591. The molecule has 0 aliphatic heterocycles. The number of hydrogen-bond donors (Lipinski definition) is 1. The smallest absolute Gasteiger partial charge is 0.0756 e. The fourth-order valence-corrected chi connectivity index (χ4v) is 2.76. The Morgan fingerprint density at radius 1 is 1.22 bits per heavy atom. The lowest BCUT2D eigenvalue weighted by atomic mass is 10.0. The molecule has 1 aromatic carbocycles. The molecule has 96 valence electrons. The van der Waals surface area contributed by atoms with Gasteiger partial charge >= 0.3 is 0 Å². The third kappa shape index (κ3) is 2.37. The molecule has 0 atom stereocenters. The van der Waals surface area contributed by atoms with Gasteiger partial charge in [-0.3, -0.25) is 4.98 Å². The molecule has 0 spiro atoms. The molecule has 0 saturated carbocycles. The van der Waals surface area contributed by atoms with E-state index >= 15 is 0 Å². The molecule has 1 N–H and O–H groups in total. The van der Waals surface area contributed by atoms with Crippen molar-refractivity contribution in [3.05, 3.63) is 33.4 Å².